The third-order valence-electron chi connectivity index (χ3n) is 10.5. The van der Waals surface area contributed by atoms with Gasteiger partial charge >= 0.3 is 6.18 Å². The van der Waals surface area contributed by atoms with Gasteiger partial charge in [-0.1, -0.05) is 86.4 Å². The van der Waals surface area contributed by atoms with Crippen molar-refractivity contribution in [3.63, 3.8) is 0 Å². The lowest BCUT2D eigenvalue weighted by atomic mass is 9.77. The number of anilines is 1. The smallest absolute Gasteiger partial charge is 0.416 e. The van der Waals surface area contributed by atoms with E-state index in [1.165, 1.54) is 0 Å². The van der Waals surface area contributed by atoms with E-state index in [1.807, 2.05) is 0 Å². The number of carbonyl (C=O) groups excluding carboxylic acids is 1. The molecular weight excluding hydrogens is 623 g/mol. The van der Waals surface area contributed by atoms with E-state index in [0.717, 1.165) is 85.4 Å². The van der Waals surface area contributed by atoms with Gasteiger partial charge in [0, 0.05) is 41.5 Å². The van der Waals surface area contributed by atoms with Crippen LogP contribution in [0.5, 0.6) is 0 Å². The Morgan fingerprint density at radius 3 is 2.18 bits per heavy atom. The minimum absolute atomic E-state index is 0.0324. The molecule has 1 saturated carbocycles. The summed E-state index contributed by atoms with van der Waals surface area (Å²) in [6.07, 6.45) is 4.88. The van der Waals surface area contributed by atoms with E-state index in [2.05, 4.69) is 72.8 Å². The number of ketones is 1. The van der Waals surface area contributed by atoms with Gasteiger partial charge in [-0.05, 0) is 79.4 Å². The predicted octanol–water partition coefficient (Wildman–Crippen LogP) is 12.3. The van der Waals surface area contributed by atoms with E-state index < -0.39 is 11.7 Å². The summed E-state index contributed by atoms with van der Waals surface area (Å²) < 4.78 is 46.2. The third-order valence-corrected chi connectivity index (χ3v) is 10.5. The number of nitrogens with one attached hydrogen (secondary N) is 3. The zero-order valence-electron chi connectivity index (χ0n) is 31.0. The highest BCUT2D eigenvalue weighted by Crippen LogP contribution is 2.48. The number of Topliss-reactive ketones (excluding diaryl/α,β-unsaturated/α-hetero) is 1. The van der Waals surface area contributed by atoms with E-state index in [0.29, 0.717) is 18.1 Å². The molecule has 3 N–H and O–H groups in total. The molecule has 0 bridgehead atoms. The van der Waals surface area contributed by atoms with Gasteiger partial charge in [0.05, 0.1) is 23.0 Å². The van der Waals surface area contributed by atoms with Crippen molar-refractivity contribution >= 4 is 28.5 Å². The van der Waals surface area contributed by atoms with Crippen LogP contribution in [0.1, 0.15) is 148 Å². The quantitative estimate of drug-likeness (QED) is 0.154. The predicted molar refractivity (Wildman–Crippen MR) is 195 cm³/mol. The third kappa shape index (κ3) is 10.2. The normalized spacial score (nSPS) is 20.7. The van der Waals surface area contributed by atoms with Crippen LogP contribution in [-0.2, 0) is 11.0 Å². The maximum Gasteiger partial charge on any atom is 0.416 e. The molecule has 270 valence electrons. The van der Waals surface area contributed by atoms with Crippen molar-refractivity contribution in [2.24, 2.45) is 34.5 Å². The molecular formula is C41H58F3N3O2. The van der Waals surface area contributed by atoms with Crippen molar-refractivity contribution in [3.05, 3.63) is 59.1 Å². The van der Waals surface area contributed by atoms with Crippen LogP contribution in [0.25, 0.3) is 5.57 Å². The highest BCUT2D eigenvalue weighted by atomic mass is 19.4. The summed E-state index contributed by atoms with van der Waals surface area (Å²) in [5.74, 6) is 2.67. The van der Waals surface area contributed by atoms with E-state index in [9.17, 15) is 18.0 Å². The number of furan rings is 1. The molecule has 2 aliphatic rings. The second-order valence-electron chi connectivity index (χ2n) is 17.1. The van der Waals surface area contributed by atoms with Gasteiger partial charge in [-0.2, -0.15) is 13.2 Å². The lowest BCUT2D eigenvalue weighted by Crippen LogP contribution is -2.21. The van der Waals surface area contributed by atoms with Crippen molar-refractivity contribution in [2.75, 3.05) is 5.32 Å². The molecule has 49 heavy (non-hydrogen) atoms. The molecule has 4 rings (SSSR count). The van der Waals surface area contributed by atoms with Gasteiger partial charge in [0.2, 0.25) is 0 Å². The summed E-state index contributed by atoms with van der Waals surface area (Å²) in [7, 11) is 0. The van der Waals surface area contributed by atoms with E-state index in [4.69, 9.17) is 15.2 Å². The first-order valence-corrected chi connectivity index (χ1v) is 18.1. The monoisotopic (exact) mass is 681 g/mol. The average Bonchev–Trinajstić information content (AvgIpc) is 3.68. The summed E-state index contributed by atoms with van der Waals surface area (Å²) in [5.41, 5.74) is 2.62. The number of hydrogen-bond acceptors (Lipinski definition) is 5. The number of rotatable bonds is 16. The minimum atomic E-state index is -4.37. The first-order chi connectivity index (χ1) is 22.7. The number of alkyl halides is 3. The molecule has 0 amide bonds. The fraction of sp³-hybridized carbons (Fsp3) is 0.634. The molecule has 2 heterocycles. The molecule has 1 aromatic heterocycles. The zero-order chi connectivity index (χ0) is 36.5. The summed E-state index contributed by atoms with van der Waals surface area (Å²) in [5, 5.41) is 19.8. The van der Waals surface area contributed by atoms with Crippen molar-refractivity contribution in [3.8, 4) is 0 Å². The summed E-state index contributed by atoms with van der Waals surface area (Å²) in [4.78, 5) is 13.1. The van der Waals surface area contributed by atoms with Crippen LogP contribution in [-0.4, -0.2) is 17.2 Å². The minimum Gasteiger partial charge on any atom is -0.459 e. The number of carbonyl (C=O) groups is 1. The summed E-state index contributed by atoms with van der Waals surface area (Å²) >= 11 is 0. The molecule has 8 heteroatoms. The zero-order valence-corrected chi connectivity index (χ0v) is 31.0. The fourth-order valence-electron chi connectivity index (χ4n) is 7.45. The first-order valence-electron chi connectivity index (χ1n) is 18.1. The van der Waals surface area contributed by atoms with Gasteiger partial charge in [0.15, 0.2) is 11.5 Å². The van der Waals surface area contributed by atoms with Crippen LogP contribution in [0.2, 0.25) is 0 Å². The highest BCUT2D eigenvalue weighted by molar-refractivity contribution is 6.40. The molecule has 5 nitrogen and oxygen atoms in total. The molecule has 0 spiro atoms. The van der Waals surface area contributed by atoms with Crippen LogP contribution in [0.15, 0.2) is 40.8 Å². The van der Waals surface area contributed by atoms with Crippen LogP contribution in [0.4, 0.5) is 18.9 Å². The van der Waals surface area contributed by atoms with Crippen LogP contribution >= 0.6 is 0 Å². The second kappa shape index (κ2) is 15.0. The molecule has 1 fully saturated rings. The fourth-order valence-corrected chi connectivity index (χ4v) is 7.45. The molecule has 2 aromatic rings. The number of fused-ring (bicyclic) bond motifs is 1. The number of hydrogen-bond donors (Lipinski definition) is 3. The van der Waals surface area contributed by atoms with E-state index in [1.54, 1.807) is 19.1 Å². The molecule has 1 aliphatic carbocycles. The SMILES string of the molecule is CC(=N)C1CC1C(=N)C(=O)CC(CCCC(C)(C)CC(C)c1cc2c(o1)C(C(C)(C)C)=CC(c1ccc(C(F)(F)F)cc1)N2)CCC(C)C. The van der Waals surface area contributed by atoms with Crippen LogP contribution < -0.4 is 5.32 Å². The van der Waals surface area contributed by atoms with Gasteiger partial charge in [-0.3, -0.25) is 4.79 Å². The Morgan fingerprint density at radius 1 is 0.980 bits per heavy atom. The van der Waals surface area contributed by atoms with Crippen molar-refractivity contribution in [2.45, 2.75) is 132 Å². The van der Waals surface area contributed by atoms with Gasteiger partial charge in [0.25, 0.3) is 0 Å². The Labute approximate surface area is 291 Å². The average molecular weight is 682 g/mol. The standard InChI is InChI=1S/C41H58F3N3O2/c1-24(2)12-13-27(19-35(48)37(46)31-20-30(31)26(4)45)11-10-18-40(8,9)23-25(3)36-22-34-38(49-36)32(39(5,6)7)21-33(47-34)28-14-16-29(17-15-28)41(42,43)44/h14-17,21-22,24-25,27,30-31,33,45-47H,10-13,18-20,23H2,1-9H3. The highest BCUT2D eigenvalue weighted by Gasteiger charge is 2.44. The Kier molecular flexibility index (Phi) is 11.8. The van der Waals surface area contributed by atoms with Crippen molar-refractivity contribution in [1.82, 2.24) is 0 Å². The Bertz CT molecular complexity index is 1520. The van der Waals surface area contributed by atoms with E-state index in [-0.39, 0.29) is 52.0 Å². The second-order valence-corrected chi connectivity index (χ2v) is 17.1. The summed E-state index contributed by atoms with van der Waals surface area (Å²) in [6.45, 7) is 19.3. The summed E-state index contributed by atoms with van der Waals surface area (Å²) in [6, 6.07) is 7.17. The molecule has 0 radical (unpaired) electrons. The lowest BCUT2D eigenvalue weighted by molar-refractivity contribution is -0.137. The Hall–Kier alpha value is -3.16. The van der Waals surface area contributed by atoms with Crippen molar-refractivity contribution in [1.29, 1.82) is 10.8 Å². The topological polar surface area (TPSA) is 89.9 Å². The lowest BCUT2D eigenvalue weighted by Gasteiger charge is -2.30. The number of halogens is 3. The Morgan fingerprint density at radius 2 is 1.63 bits per heavy atom. The molecule has 5 atom stereocenters. The van der Waals surface area contributed by atoms with Crippen molar-refractivity contribution < 1.29 is 22.4 Å². The largest absolute Gasteiger partial charge is 0.459 e. The molecule has 5 unspecified atom stereocenters. The van der Waals surface area contributed by atoms with Gasteiger partial charge in [-0.15, -0.1) is 0 Å². The maximum absolute atomic E-state index is 13.2. The Balaban J connectivity index is 1.39. The van der Waals surface area contributed by atoms with Gasteiger partial charge in [0.1, 0.15) is 5.76 Å². The van der Waals surface area contributed by atoms with Gasteiger partial charge in [-0.25, -0.2) is 0 Å². The van der Waals surface area contributed by atoms with E-state index >= 15 is 0 Å². The van der Waals surface area contributed by atoms with Crippen LogP contribution in [0.3, 0.4) is 0 Å². The first kappa shape index (κ1) is 38.6. The molecule has 0 saturated heterocycles. The maximum atomic E-state index is 13.2. The molecule has 1 aromatic carbocycles. The number of benzene rings is 1. The van der Waals surface area contributed by atoms with Crippen LogP contribution in [0, 0.1) is 45.3 Å². The molecule has 1 aliphatic heterocycles. The van der Waals surface area contributed by atoms with Gasteiger partial charge < -0.3 is 20.6 Å². The number of allylic oxidation sites excluding steroid dienone is 1.